The largest absolute Gasteiger partial charge is 0.445 e. The standard InChI is InChI=1S/C34H34N5O3.Tl/c40-33(30-14-5-2-6-15-30)39(31-16-21-38(22-17-31)25-32-35-19-20-36-32)24-29-12-7-11-27(23-29)13-8-18-37-34(41)42-26-28-9-3-1-4-10-28;/h1,3-7,9-12,14-15,19-20,23,31H,16-18,21-22,24-26H2,(H,35,36)(H,37,41);. The molecule has 1 aliphatic rings. The third-order valence-corrected chi connectivity index (χ3v) is 8.89. The maximum Gasteiger partial charge on any atom is 0.118 e. The van der Waals surface area contributed by atoms with Crippen molar-refractivity contribution in [1.29, 1.82) is 0 Å². The van der Waals surface area contributed by atoms with Gasteiger partial charge in [-0.1, -0.05) is 30.3 Å². The number of rotatable bonds is 9. The SMILES string of the molecule is O=C(NCC#Cc1cccc(CN(C(=O)c2cc[c]([Tl])cc2)C2CCN(Cc3ncc[nH]3)CC2)c1)OCc1ccccc1. The number of carbonyl (C=O) groups is 2. The number of nitrogens with zero attached hydrogens (tertiary/aromatic N) is 3. The Morgan fingerprint density at radius 3 is 2.53 bits per heavy atom. The molecule has 0 spiro atoms. The van der Waals surface area contributed by atoms with Gasteiger partial charge in [-0.2, -0.15) is 0 Å². The molecule has 3 aromatic carbocycles. The number of nitrogens with one attached hydrogen (secondary N) is 2. The van der Waals surface area contributed by atoms with E-state index in [1.54, 1.807) is 6.20 Å². The number of aromatic nitrogens is 2. The van der Waals surface area contributed by atoms with Gasteiger partial charge < -0.3 is 15.0 Å². The molecule has 2 heterocycles. The monoisotopic (exact) mass is 765 g/mol. The molecule has 2 N–H and O–H groups in total. The van der Waals surface area contributed by atoms with Crippen molar-refractivity contribution < 1.29 is 14.3 Å². The number of hydrogen-bond acceptors (Lipinski definition) is 5. The molecule has 4 aromatic rings. The number of likely N-dealkylation sites (tertiary alicyclic amines) is 1. The van der Waals surface area contributed by atoms with E-state index in [-0.39, 0.29) is 25.1 Å². The van der Waals surface area contributed by atoms with Crippen LogP contribution in [0.2, 0.25) is 0 Å². The molecule has 5 rings (SSSR count). The van der Waals surface area contributed by atoms with Gasteiger partial charge in [-0.15, -0.1) is 0 Å². The fourth-order valence-electron chi connectivity index (χ4n) is 5.12. The fourth-order valence-corrected chi connectivity index (χ4v) is 5.87. The second kappa shape index (κ2) is 15.5. The summed E-state index contributed by atoms with van der Waals surface area (Å²) in [7, 11) is 0. The van der Waals surface area contributed by atoms with E-state index in [2.05, 4.69) is 44.2 Å². The number of ether oxygens (including phenoxy) is 1. The number of imidazole rings is 1. The van der Waals surface area contributed by atoms with Gasteiger partial charge in [0.2, 0.25) is 0 Å². The molecule has 8 nitrogen and oxygen atoms in total. The van der Waals surface area contributed by atoms with Crippen molar-refractivity contribution >= 4 is 40.9 Å². The number of amides is 2. The van der Waals surface area contributed by atoms with Gasteiger partial charge in [0, 0.05) is 12.4 Å². The predicted molar refractivity (Wildman–Crippen MR) is 167 cm³/mol. The summed E-state index contributed by atoms with van der Waals surface area (Å²) < 4.78 is 6.53. The van der Waals surface area contributed by atoms with Crippen LogP contribution in [-0.4, -0.2) is 83.2 Å². The van der Waals surface area contributed by atoms with Crippen LogP contribution in [0.15, 0.2) is 91.3 Å². The van der Waals surface area contributed by atoms with Crippen molar-refractivity contribution in [2.45, 2.75) is 38.6 Å². The predicted octanol–water partition coefficient (Wildman–Crippen LogP) is 3.79. The number of carbonyl (C=O) groups excluding carboxylic acids is 2. The summed E-state index contributed by atoms with van der Waals surface area (Å²) >= 11 is 0.739. The zero-order valence-corrected chi connectivity index (χ0v) is 28.5. The van der Waals surface area contributed by atoms with Gasteiger partial charge in [0.05, 0.1) is 6.54 Å². The minimum Gasteiger partial charge on any atom is -0.445 e. The Bertz CT molecular complexity index is 1540. The van der Waals surface area contributed by atoms with Gasteiger partial charge in [0.15, 0.2) is 0 Å². The number of piperidine rings is 1. The van der Waals surface area contributed by atoms with Crippen molar-refractivity contribution in [3.05, 3.63) is 119 Å². The molecule has 0 atom stereocenters. The second-order valence-corrected chi connectivity index (χ2v) is 13.1. The fraction of sp³-hybridized carbons (Fsp3) is 0.265. The topological polar surface area (TPSA) is 90.6 Å². The van der Waals surface area contributed by atoms with Crippen LogP contribution in [0.3, 0.4) is 0 Å². The number of alkyl carbamates (subject to hydrolysis) is 1. The van der Waals surface area contributed by atoms with E-state index in [0.717, 1.165) is 86.3 Å². The first kappa shape index (κ1) is 30.5. The van der Waals surface area contributed by atoms with E-state index in [9.17, 15) is 9.59 Å². The number of aromatic amines is 1. The Balaban J connectivity index is 1.20. The summed E-state index contributed by atoms with van der Waals surface area (Å²) in [6.07, 6.45) is 4.93. The molecule has 0 unspecified atom stereocenters. The molecule has 1 saturated heterocycles. The molecule has 0 saturated carbocycles. The quantitative estimate of drug-likeness (QED) is 0.200. The summed E-state index contributed by atoms with van der Waals surface area (Å²) in [6.45, 7) is 3.49. The molecular weight excluding hydrogens is 731 g/mol. The summed E-state index contributed by atoms with van der Waals surface area (Å²) in [4.78, 5) is 37.8. The van der Waals surface area contributed by atoms with E-state index in [1.807, 2.05) is 77.8 Å². The Labute approximate surface area is 268 Å². The molecule has 1 aromatic heterocycles. The van der Waals surface area contributed by atoms with Crippen molar-refractivity contribution in [3.63, 3.8) is 0 Å². The van der Waals surface area contributed by atoms with Crippen molar-refractivity contribution in [3.8, 4) is 11.8 Å². The van der Waals surface area contributed by atoms with Gasteiger partial charge in [-0.3, -0.25) is 0 Å². The average Bonchev–Trinajstić information content (AvgIpc) is 3.55. The molecule has 2 amide bonds. The van der Waals surface area contributed by atoms with Crippen LogP contribution in [0.25, 0.3) is 0 Å². The molecular formula is C34H34N5O3Tl. The zero-order chi connectivity index (χ0) is 29.9. The third-order valence-electron chi connectivity index (χ3n) is 7.39. The summed E-state index contributed by atoms with van der Waals surface area (Å²) in [5.41, 5.74) is 3.51. The van der Waals surface area contributed by atoms with Gasteiger partial charge in [0.25, 0.3) is 0 Å². The molecule has 1 fully saturated rings. The zero-order valence-electron chi connectivity index (χ0n) is 24.0. The summed E-state index contributed by atoms with van der Waals surface area (Å²) in [6, 6.07) is 25.7. The van der Waals surface area contributed by atoms with E-state index in [1.165, 1.54) is 3.12 Å². The Morgan fingerprint density at radius 2 is 1.79 bits per heavy atom. The van der Waals surface area contributed by atoms with Gasteiger partial charge in [-0.05, 0) is 5.56 Å². The van der Waals surface area contributed by atoms with Crippen LogP contribution >= 0.6 is 0 Å². The molecule has 0 bridgehead atoms. The molecule has 1 aliphatic heterocycles. The summed E-state index contributed by atoms with van der Waals surface area (Å²) in [5.74, 6) is 7.15. The minimum absolute atomic E-state index is 0.0594. The van der Waals surface area contributed by atoms with Crippen LogP contribution in [-0.2, 0) is 24.4 Å². The molecule has 9 heteroatoms. The number of hydrogen-bond donors (Lipinski definition) is 2. The minimum atomic E-state index is -0.504. The second-order valence-electron chi connectivity index (χ2n) is 10.5. The van der Waals surface area contributed by atoms with Gasteiger partial charge in [0.1, 0.15) is 6.61 Å². The first-order valence-corrected chi connectivity index (χ1v) is 16.7. The Hall–Kier alpha value is -3.95. The number of H-pyrrole nitrogens is 1. The van der Waals surface area contributed by atoms with Crippen molar-refractivity contribution in [1.82, 2.24) is 25.1 Å². The van der Waals surface area contributed by atoms with E-state index < -0.39 is 6.09 Å². The Kier molecular flexibility index (Phi) is 11.0. The van der Waals surface area contributed by atoms with E-state index >= 15 is 0 Å². The maximum atomic E-state index is 13.8. The first-order chi connectivity index (χ1) is 21.0. The van der Waals surface area contributed by atoms with Crippen LogP contribution in [0, 0.1) is 11.8 Å². The molecule has 0 aliphatic carbocycles. The first-order valence-electron chi connectivity index (χ1n) is 14.4. The van der Waals surface area contributed by atoms with Gasteiger partial charge >= 0.3 is 183 Å². The number of benzene rings is 3. The normalized spacial score (nSPS) is 13.5. The molecule has 0 radical (unpaired) electrons. The molecule has 43 heavy (non-hydrogen) atoms. The van der Waals surface area contributed by atoms with E-state index in [4.69, 9.17) is 4.74 Å². The third kappa shape index (κ3) is 9.27. The average molecular weight is 765 g/mol. The van der Waals surface area contributed by atoms with Crippen molar-refractivity contribution in [2.75, 3.05) is 19.6 Å². The van der Waals surface area contributed by atoms with Crippen molar-refractivity contribution in [2.24, 2.45) is 0 Å². The van der Waals surface area contributed by atoms with Crippen LogP contribution in [0.5, 0.6) is 0 Å². The maximum absolute atomic E-state index is 13.8. The van der Waals surface area contributed by atoms with Crippen LogP contribution < -0.4 is 8.44 Å². The van der Waals surface area contributed by atoms with Crippen LogP contribution in [0.4, 0.5) is 4.79 Å². The Morgan fingerprint density at radius 1 is 1.02 bits per heavy atom. The van der Waals surface area contributed by atoms with Crippen LogP contribution in [0.1, 0.15) is 45.7 Å². The molecule has 216 valence electrons. The van der Waals surface area contributed by atoms with E-state index in [0.29, 0.717) is 6.54 Å². The summed E-state index contributed by atoms with van der Waals surface area (Å²) in [5, 5.41) is 2.67. The van der Waals surface area contributed by atoms with Gasteiger partial charge in [-0.25, -0.2) is 9.78 Å². The smallest absolute Gasteiger partial charge is 0.118 e.